The van der Waals surface area contributed by atoms with Crippen LogP contribution in [0.3, 0.4) is 0 Å². The summed E-state index contributed by atoms with van der Waals surface area (Å²) in [7, 11) is 1.91. The van der Waals surface area contributed by atoms with Gasteiger partial charge in [-0.15, -0.1) is 0 Å². The molecule has 3 aromatic heterocycles. The zero-order valence-corrected chi connectivity index (χ0v) is 20.1. The number of pyridine rings is 1. The Balaban J connectivity index is 1.52. The molecule has 36 heavy (non-hydrogen) atoms. The Hall–Kier alpha value is -4.09. The van der Waals surface area contributed by atoms with Crippen LogP contribution in [0.15, 0.2) is 55.1 Å². The van der Waals surface area contributed by atoms with Crippen LogP contribution < -0.4 is 5.32 Å². The molecule has 0 spiro atoms. The summed E-state index contributed by atoms with van der Waals surface area (Å²) in [6.45, 7) is 2.98. The Kier molecular flexibility index (Phi) is 5.70. The normalized spacial score (nSPS) is 16.3. The van der Waals surface area contributed by atoms with Gasteiger partial charge >= 0.3 is 0 Å². The predicted molar refractivity (Wildman–Crippen MR) is 138 cm³/mol. The van der Waals surface area contributed by atoms with E-state index in [1.54, 1.807) is 6.07 Å². The van der Waals surface area contributed by atoms with Crippen molar-refractivity contribution in [3.63, 3.8) is 0 Å². The van der Waals surface area contributed by atoms with Crippen molar-refractivity contribution in [2.75, 3.05) is 13.1 Å². The molecule has 1 unspecified atom stereocenters. The molecule has 8 heteroatoms. The van der Waals surface area contributed by atoms with Crippen LogP contribution in [0.2, 0.25) is 0 Å². The number of hydrogen-bond donors (Lipinski definition) is 1. The van der Waals surface area contributed by atoms with E-state index in [1.807, 2.05) is 48.7 Å². The van der Waals surface area contributed by atoms with E-state index in [-0.39, 0.29) is 5.56 Å². The Morgan fingerprint density at radius 1 is 1.06 bits per heavy atom. The van der Waals surface area contributed by atoms with Crippen molar-refractivity contribution in [3.8, 4) is 28.5 Å². The standard InChI is InChI=1S/C28H26FN7/c1-35-24-7-6-20(11-22(24)14-34-35)27-26(19-4-5-21(13-30)23(29)12-19)28-25(15-32-27)36(17-33-28)16-18-3-2-9-31-10-8-18/h4-7,11-12,14-15,17-18,31H,2-3,8-10,16H2,1H3. The molecule has 1 fully saturated rings. The zero-order valence-electron chi connectivity index (χ0n) is 20.1. The fraction of sp³-hybridized carbons (Fsp3) is 0.286. The summed E-state index contributed by atoms with van der Waals surface area (Å²) in [5.74, 6) is 0.0203. The first kappa shape index (κ1) is 22.4. The van der Waals surface area contributed by atoms with Crippen molar-refractivity contribution >= 4 is 21.9 Å². The van der Waals surface area contributed by atoms with Gasteiger partial charge in [0.15, 0.2) is 0 Å². The topological polar surface area (TPSA) is 84.3 Å². The molecular formula is C28H26FN7. The number of nitrogens with one attached hydrogen (secondary N) is 1. The van der Waals surface area contributed by atoms with Gasteiger partial charge in [0, 0.05) is 30.1 Å². The van der Waals surface area contributed by atoms with Crippen molar-refractivity contribution in [1.29, 1.82) is 5.26 Å². The average molecular weight is 480 g/mol. The molecule has 180 valence electrons. The third-order valence-electron chi connectivity index (χ3n) is 7.22. The maximum absolute atomic E-state index is 14.7. The highest BCUT2D eigenvalue weighted by molar-refractivity contribution is 6.00. The lowest BCUT2D eigenvalue weighted by Gasteiger charge is -2.16. The van der Waals surface area contributed by atoms with Gasteiger partial charge in [0.05, 0.1) is 41.0 Å². The smallest absolute Gasteiger partial charge is 0.141 e. The highest BCUT2D eigenvalue weighted by Crippen LogP contribution is 2.37. The number of benzene rings is 2. The molecule has 0 radical (unpaired) electrons. The van der Waals surface area contributed by atoms with Crippen LogP contribution in [0.25, 0.3) is 44.3 Å². The summed E-state index contributed by atoms with van der Waals surface area (Å²) >= 11 is 0. The molecule has 0 saturated carbocycles. The molecule has 1 aliphatic heterocycles. The lowest BCUT2D eigenvalue weighted by atomic mass is 9.96. The summed E-state index contributed by atoms with van der Waals surface area (Å²) in [6, 6.07) is 12.7. The van der Waals surface area contributed by atoms with E-state index < -0.39 is 5.82 Å². The van der Waals surface area contributed by atoms with E-state index in [4.69, 9.17) is 9.97 Å². The molecule has 0 aliphatic carbocycles. The van der Waals surface area contributed by atoms with Crippen LogP contribution in [0, 0.1) is 23.1 Å². The van der Waals surface area contributed by atoms with Gasteiger partial charge in [0.1, 0.15) is 17.4 Å². The van der Waals surface area contributed by atoms with Crippen LogP contribution in [0.4, 0.5) is 4.39 Å². The Bertz CT molecular complexity index is 1620. The molecule has 7 nitrogen and oxygen atoms in total. The molecule has 0 amide bonds. The van der Waals surface area contributed by atoms with Gasteiger partial charge in [-0.05, 0) is 68.1 Å². The van der Waals surface area contributed by atoms with Crippen molar-refractivity contribution in [3.05, 3.63) is 66.5 Å². The third kappa shape index (κ3) is 3.91. The van der Waals surface area contributed by atoms with Crippen LogP contribution in [0.5, 0.6) is 0 Å². The molecule has 1 saturated heterocycles. The Labute approximate surface area is 208 Å². The number of nitrogens with zero attached hydrogens (tertiary/aromatic N) is 6. The van der Waals surface area contributed by atoms with E-state index in [0.717, 1.165) is 64.8 Å². The van der Waals surface area contributed by atoms with Crippen molar-refractivity contribution in [2.45, 2.75) is 25.8 Å². The van der Waals surface area contributed by atoms with Gasteiger partial charge in [-0.2, -0.15) is 10.4 Å². The lowest BCUT2D eigenvalue weighted by Crippen LogP contribution is -2.15. The van der Waals surface area contributed by atoms with E-state index >= 15 is 0 Å². The summed E-state index contributed by atoms with van der Waals surface area (Å²) in [6.07, 6.45) is 9.06. The maximum atomic E-state index is 14.7. The first-order valence-corrected chi connectivity index (χ1v) is 12.3. The van der Waals surface area contributed by atoms with Crippen LogP contribution >= 0.6 is 0 Å². The van der Waals surface area contributed by atoms with Crippen molar-refractivity contribution in [1.82, 2.24) is 29.6 Å². The molecule has 1 atom stereocenters. The summed E-state index contributed by atoms with van der Waals surface area (Å²) in [5, 5.41) is 18.1. The molecule has 5 aromatic rings. The molecule has 4 heterocycles. The van der Waals surface area contributed by atoms with E-state index in [9.17, 15) is 9.65 Å². The fourth-order valence-electron chi connectivity index (χ4n) is 5.28. The quantitative estimate of drug-likeness (QED) is 0.390. The first-order chi connectivity index (χ1) is 17.6. The zero-order chi connectivity index (χ0) is 24.6. The van der Waals surface area contributed by atoms with E-state index in [2.05, 4.69) is 21.0 Å². The van der Waals surface area contributed by atoms with E-state index in [0.29, 0.717) is 11.5 Å². The van der Waals surface area contributed by atoms with Gasteiger partial charge in [0.2, 0.25) is 0 Å². The molecule has 1 aliphatic rings. The van der Waals surface area contributed by atoms with Crippen molar-refractivity contribution < 1.29 is 4.39 Å². The second-order valence-electron chi connectivity index (χ2n) is 9.51. The largest absolute Gasteiger partial charge is 0.329 e. The van der Waals surface area contributed by atoms with Gasteiger partial charge in [-0.3, -0.25) is 9.67 Å². The summed E-state index contributed by atoms with van der Waals surface area (Å²) < 4.78 is 18.8. The van der Waals surface area contributed by atoms with Gasteiger partial charge in [-0.1, -0.05) is 12.1 Å². The first-order valence-electron chi connectivity index (χ1n) is 12.3. The van der Waals surface area contributed by atoms with E-state index in [1.165, 1.54) is 25.0 Å². The van der Waals surface area contributed by atoms with Crippen LogP contribution in [-0.2, 0) is 13.6 Å². The minimum atomic E-state index is -0.550. The molecule has 1 N–H and O–H groups in total. The van der Waals surface area contributed by atoms with Gasteiger partial charge < -0.3 is 9.88 Å². The van der Waals surface area contributed by atoms with Crippen LogP contribution in [0.1, 0.15) is 24.8 Å². The highest BCUT2D eigenvalue weighted by atomic mass is 19.1. The molecule has 6 rings (SSSR count). The van der Waals surface area contributed by atoms with Crippen LogP contribution in [-0.4, -0.2) is 37.4 Å². The number of fused-ring (bicyclic) bond motifs is 2. The molecular weight excluding hydrogens is 453 g/mol. The SMILES string of the molecule is Cn1ncc2cc(-c3ncc4c(ncn4CC4CCCNCC4)c3-c3ccc(C#N)c(F)c3)ccc21. The average Bonchev–Trinajstić information content (AvgIpc) is 3.36. The van der Waals surface area contributed by atoms with Gasteiger partial charge in [-0.25, -0.2) is 9.37 Å². The minimum absolute atomic E-state index is 0.0183. The Morgan fingerprint density at radius 3 is 2.81 bits per heavy atom. The number of imidazole rings is 1. The number of nitriles is 1. The number of rotatable bonds is 4. The third-order valence-corrected chi connectivity index (χ3v) is 7.22. The maximum Gasteiger partial charge on any atom is 0.141 e. The number of halogens is 1. The highest BCUT2D eigenvalue weighted by Gasteiger charge is 2.20. The number of hydrogen-bond acceptors (Lipinski definition) is 5. The van der Waals surface area contributed by atoms with Gasteiger partial charge in [0.25, 0.3) is 0 Å². The van der Waals surface area contributed by atoms with Crippen molar-refractivity contribution in [2.24, 2.45) is 13.0 Å². The lowest BCUT2D eigenvalue weighted by molar-refractivity contribution is 0.409. The predicted octanol–water partition coefficient (Wildman–Crippen LogP) is 5.05. The second-order valence-corrected chi connectivity index (χ2v) is 9.51. The molecule has 2 aromatic carbocycles. The summed E-state index contributed by atoms with van der Waals surface area (Å²) in [4.78, 5) is 9.71. The Morgan fingerprint density at radius 2 is 1.94 bits per heavy atom. The number of aromatic nitrogens is 5. The minimum Gasteiger partial charge on any atom is -0.329 e. The number of aryl methyl sites for hydroxylation is 1. The second kappa shape index (κ2) is 9.17. The monoisotopic (exact) mass is 479 g/mol. The fourth-order valence-corrected chi connectivity index (χ4v) is 5.28. The summed E-state index contributed by atoms with van der Waals surface area (Å²) in [5.41, 5.74) is 5.79. The molecule has 0 bridgehead atoms.